The number of pyridine rings is 1. The summed E-state index contributed by atoms with van der Waals surface area (Å²) in [4.78, 5) is 4.07. The van der Waals surface area contributed by atoms with E-state index in [2.05, 4.69) is 61.5 Å². The highest BCUT2D eigenvalue weighted by molar-refractivity contribution is 5.34. The average Bonchev–Trinajstić information content (AvgIpc) is 2.47. The van der Waals surface area contributed by atoms with Crippen LogP contribution in [0.4, 0.5) is 0 Å². The van der Waals surface area contributed by atoms with Crippen molar-refractivity contribution in [3.63, 3.8) is 0 Å². The zero-order chi connectivity index (χ0) is 14.4. The van der Waals surface area contributed by atoms with Crippen molar-refractivity contribution in [1.82, 2.24) is 10.3 Å². The minimum atomic E-state index is 0.517. The van der Waals surface area contributed by atoms with Crippen LogP contribution in [0.15, 0.2) is 42.7 Å². The Bertz CT molecular complexity index is 514. The molecule has 1 aromatic heterocycles. The lowest BCUT2D eigenvalue weighted by atomic mass is 9.93. The van der Waals surface area contributed by atoms with E-state index in [0.29, 0.717) is 6.04 Å². The first kappa shape index (κ1) is 14.7. The fourth-order valence-electron chi connectivity index (χ4n) is 2.66. The minimum absolute atomic E-state index is 0.517. The average molecular weight is 268 g/mol. The molecule has 0 aliphatic carbocycles. The molecular weight excluding hydrogens is 244 g/mol. The van der Waals surface area contributed by atoms with E-state index in [1.54, 1.807) is 0 Å². The lowest BCUT2D eigenvalue weighted by Crippen LogP contribution is -2.28. The van der Waals surface area contributed by atoms with Gasteiger partial charge in [-0.05, 0) is 74.5 Å². The SMILES string of the molecule is CNC(CCc1ccncc1)Cc1c(C)cccc1C. The maximum absolute atomic E-state index is 4.07. The molecule has 1 heterocycles. The van der Waals surface area contributed by atoms with Crippen LogP contribution in [0, 0.1) is 13.8 Å². The van der Waals surface area contributed by atoms with E-state index >= 15 is 0 Å². The first-order valence-electron chi connectivity index (χ1n) is 7.32. The van der Waals surface area contributed by atoms with Crippen LogP contribution < -0.4 is 5.32 Å². The predicted octanol–water partition coefficient (Wildman–Crippen LogP) is 3.46. The Morgan fingerprint density at radius 3 is 2.30 bits per heavy atom. The Morgan fingerprint density at radius 2 is 1.70 bits per heavy atom. The Morgan fingerprint density at radius 1 is 1.05 bits per heavy atom. The van der Waals surface area contributed by atoms with Crippen LogP contribution in [-0.2, 0) is 12.8 Å². The van der Waals surface area contributed by atoms with Crippen molar-refractivity contribution < 1.29 is 0 Å². The van der Waals surface area contributed by atoms with Gasteiger partial charge in [-0.25, -0.2) is 0 Å². The molecule has 1 N–H and O–H groups in total. The number of nitrogens with one attached hydrogen (secondary N) is 1. The van der Waals surface area contributed by atoms with Crippen LogP contribution >= 0.6 is 0 Å². The first-order chi connectivity index (χ1) is 9.70. The smallest absolute Gasteiger partial charge is 0.0270 e. The first-order valence-corrected chi connectivity index (χ1v) is 7.32. The molecule has 106 valence electrons. The standard InChI is InChI=1S/C18H24N2/c1-14-5-4-6-15(2)18(14)13-17(19-3)8-7-16-9-11-20-12-10-16/h4-6,9-12,17,19H,7-8,13H2,1-3H3. The maximum atomic E-state index is 4.07. The molecule has 0 saturated heterocycles. The van der Waals surface area contributed by atoms with E-state index in [0.717, 1.165) is 19.3 Å². The largest absolute Gasteiger partial charge is 0.317 e. The maximum Gasteiger partial charge on any atom is 0.0270 e. The molecule has 0 fully saturated rings. The number of likely N-dealkylation sites (N-methyl/N-ethyl adjacent to an activating group) is 1. The third-order valence-corrected chi connectivity index (χ3v) is 4.03. The van der Waals surface area contributed by atoms with Crippen LogP contribution in [0.2, 0.25) is 0 Å². The molecule has 0 aliphatic heterocycles. The van der Waals surface area contributed by atoms with E-state index < -0.39 is 0 Å². The molecule has 0 aliphatic rings. The summed E-state index contributed by atoms with van der Waals surface area (Å²) < 4.78 is 0. The second-order valence-corrected chi connectivity index (χ2v) is 5.45. The van der Waals surface area contributed by atoms with Gasteiger partial charge in [0.15, 0.2) is 0 Å². The van der Waals surface area contributed by atoms with Crippen molar-refractivity contribution in [3.8, 4) is 0 Å². The monoisotopic (exact) mass is 268 g/mol. The molecule has 0 bridgehead atoms. The number of nitrogens with zero attached hydrogens (tertiary/aromatic N) is 1. The van der Waals surface area contributed by atoms with Crippen molar-refractivity contribution >= 4 is 0 Å². The summed E-state index contributed by atoms with van der Waals surface area (Å²) >= 11 is 0. The molecule has 0 amide bonds. The van der Waals surface area contributed by atoms with Gasteiger partial charge in [0.25, 0.3) is 0 Å². The van der Waals surface area contributed by atoms with Gasteiger partial charge in [0.1, 0.15) is 0 Å². The number of benzene rings is 1. The topological polar surface area (TPSA) is 24.9 Å². The summed E-state index contributed by atoms with van der Waals surface area (Å²) in [6, 6.07) is 11.3. The van der Waals surface area contributed by atoms with Crippen LogP contribution in [0.3, 0.4) is 0 Å². The molecular formula is C18H24N2. The molecule has 1 atom stereocenters. The molecule has 0 radical (unpaired) electrons. The molecule has 2 aromatic rings. The summed E-state index contributed by atoms with van der Waals surface area (Å²) in [5, 5.41) is 3.46. The molecule has 2 rings (SSSR count). The number of hydrogen-bond acceptors (Lipinski definition) is 2. The zero-order valence-electron chi connectivity index (χ0n) is 12.7. The van der Waals surface area contributed by atoms with Crippen molar-refractivity contribution in [3.05, 3.63) is 65.0 Å². The van der Waals surface area contributed by atoms with Crippen LogP contribution in [-0.4, -0.2) is 18.1 Å². The van der Waals surface area contributed by atoms with Gasteiger partial charge in [-0.2, -0.15) is 0 Å². The second-order valence-electron chi connectivity index (χ2n) is 5.45. The summed E-state index contributed by atoms with van der Waals surface area (Å²) in [6.45, 7) is 4.41. The summed E-state index contributed by atoms with van der Waals surface area (Å²) in [5.41, 5.74) is 5.65. The summed E-state index contributed by atoms with van der Waals surface area (Å²) in [7, 11) is 2.06. The van der Waals surface area contributed by atoms with E-state index in [4.69, 9.17) is 0 Å². The van der Waals surface area contributed by atoms with Gasteiger partial charge in [0, 0.05) is 18.4 Å². The number of aromatic nitrogens is 1. The van der Waals surface area contributed by atoms with E-state index in [-0.39, 0.29) is 0 Å². The Balaban J connectivity index is 1.99. The van der Waals surface area contributed by atoms with Crippen molar-refractivity contribution in [2.24, 2.45) is 0 Å². The van der Waals surface area contributed by atoms with Gasteiger partial charge in [-0.3, -0.25) is 4.98 Å². The zero-order valence-corrected chi connectivity index (χ0v) is 12.7. The van der Waals surface area contributed by atoms with Gasteiger partial charge >= 0.3 is 0 Å². The Hall–Kier alpha value is -1.67. The molecule has 2 nitrogen and oxygen atoms in total. The Kier molecular flexibility index (Phi) is 5.31. The van der Waals surface area contributed by atoms with Gasteiger partial charge in [0.05, 0.1) is 0 Å². The van der Waals surface area contributed by atoms with Gasteiger partial charge in [-0.15, -0.1) is 0 Å². The van der Waals surface area contributed by atoms with Crippen molar-refractivity contribution in [2.45, 2.75) is 39.2 Å². The van der Waals surface area contributed by atoms with Crippen LogP contribution in [0.1, 0.15) is 28.7 Å². The molecule has 0 saturated carbocycles. The van der Waals surface area contributed by atoms with Crippen molar-refractivity contribution in [2.75, 3.05) is 7.05 Å². The van der Waals surface area contributed by atoms with E-state index in [1.807, 2.05) is 12.4 Å². The highest BCUT2D eigenvalue weighted by Gasteiger charge is 2.11. The predicted molar refractivity (Wildman–Crippen MR) is 85.0 cm³/mol. The number of aryl methyl sites for hydroxylation is 3. The Labute approximate surface area is 122 Å². The van der Waals surface area contributed by atoms with Crippen LogP contribution in [0.5, 0.6) is 0 Å². The number of hydrogen-bond donors (Lipinski definition) is 1. The fraction of sp³-hybridized carbons (Fsp3) is 0.389. The fourth-order valence-corrected chi connectivity index (χ4v) is 2.66. The van der Waals surface area contributed by atoms with Gasteiger partial charge in [-0.1, -0.05) is 18.2 Å². The minimum Gasteiger partial charge on any atom is -0.317 e. The second kappa shape index (κ2) is 7.20. The number of rotatable bonds is 6. The molecule has 1 unspecified atom stereocenters. The third-order valence-electron chi connectivity index (χ3n) is 4.03. The van der Waals surface area contributed by atoms with E-state index in [1.165, 1.54) is 22.3 Å². The molecule has 20 heavy (non-hydrogen) atoms. The highest BCUT2D eigenvalue weighted by Crippen LogP contribution is 2.17. The lowest BCUT2D eigenvalue weighted by molar-refractivity contribution is 0.518. The van der Waals surface area contributed by atoms with Gasteiger partial charge < -0.3 is 5.32 Å². The summed E-state index contributed by atoms with van der Waals surface area (Å²) in [6.07, 6.45) is 7.08. The third kappa shape index (κ3) is 3.91. The normalized spacial score (nSPS) is 12.3. The van der Waals surface area contributed by atoms with Crippen LogP contribution in [0.25, 0.3) is 0 Å². The quantitative estimate of drug-likeness (QED) is 0.868. The van der Waals surface area contributed by atoms with E-state index in [9.17, 15) is 0 Å². The van der Waals surface area contributed by atoms with Gasteiger partial charge in [0.2, 0.25) is 0 Å². The molecule has 0 spiro atoms. The van der Waals surface area contributed by atoms with Crippen molar-refractivity contribution in [1.29, 1.82) is 0 Å². The molecule has 2 heteroatoms. The lowest BCUT2D eigenvalue weighted by Gasteiger charge is -2.19. The molecule has 1 aromatic carbocycles. The summed E-state index contributed by atoms with van der Waals surface area (Å²) in [5.74, 6) is 0. The highest BCUT2D eigenvalue weighted by atomic mass is 14.9.